The first-order valence-electron chi connectivity index (χ1n) is 3.09. The zero-order valence-corrected chi connectivity index (χ0v) is 4.80. The van der Waals surface area contributed by atoms with E-state index in [-0.39, 0.29) is 0 Å². The van der Waals surface area contributed by atoms with E-state index in [1.54, 1.807) is 0 Å². The average Bonchev–Trinajstić information content (AvgIpc) is 2.15. The molecule has 1 heteroatoms. The van der Waals surface area contributed by atoms with Gasteiger partial charge in [-0.05, 0) is 6.42 Å². The van der Waals surface area contributed by atoms with Crippen LogP contribution in [0.1, 0.15) is 12.8 Å². The van der Waals surface area contributed by atoms with Gasteiger partial charge in [-0.2, -0.15) is 0 Å². The summed E-state index contributed by atoms with van der Waals surface area (Å²) >= 11 is 0. The highest BCUT2D eigenvalue weighted by Crippen LogP contribution is 2.23. The van der Waals surface area contributed by atoms with Crippen LogP contribution in [0.3, 0.4) is 0 Å². The molecule has 0 spiro atoms. The largest absolute Gasteiger partial charge is 0.351 e. The van der Waals surface area contributed by atoms with E-state index in [9.17, 15) is 0 Å². The van der Waals surface area contributed by atoms with Gasteiger partial charge in [0.2, 0.25) is 0 Å². The highest BCUT2D eigenvalue weighted by molar-refractivity contribution is 5.20. The fraction of sp³-hybridized carbons (Fsp3) is 0.429. The van der Waals surface area contributed by atoms with Crippen molar-refractivity contribution in [1.29, 1.82) is 0 Å². The molecule has 1 nitrogen and oxygen atoms in total. The lowest BCUT2D eigenvalue weighted by Crippen LogP contribution is -2.06. The van der Waals surface area contributed by atoms with Gasteiger partial charge in [-0.1, -0.05) is 12.2 Å². The average molecular weight is 107 g/mol. The van der Waals surface area contributed by atoms with Gasteiger partial charge in [0.15, 0.2) is 0 Å². The molecule has 0 aliphatic carbocycles. The molecule has 0 aromatic heterocycles. The van der Waals surface area contributed by atoms with Crippen molar-refractivity contribution >= 4 is 0 Å². The van der Waals surface area contributed by atoms with Crippen molar-refractivity contribution < 1.29 is 0 Å². The maximum absolute atomic E-state index is 2.32. The van der Waals surface area contributed by atoms with Crippen LogP contribution in [0.15, 0.2) is 24.0 Å². The maximum atomic E-state index is 2.32. The minimum Gasteiger partial charge on any atom is -0.351 e. The van der Waals surface area contributed by atoms with Gasteiger partial charge in [0.25, 0.3) is 0 Å². The van der Waals surface area contributed by atoms with Crippen LogP contribution in [0.2, 0.25) is 0 Å². The lowest BCUT2D eigenvalue weighted by atomic mass is 10.3. The molecule has 2 rings (SSSR count). The van der Waals surface area contributed by atoms with Gasteiger partial charge in [-0.3, -0.25) is 0 Å². The fourth-order valence-electron chi connectivity index (χ4n) is 1.30. The van der Waals surface area contributed by atoms with Crippen LogP contribution in [-0.4, -0.2) is 11.4 Å². The maximum Gasteiger partial charge on any atom is 0.0257 e. The summed E-state index contributed by atoms with van der Waals surface area (Å²) in [5, 5.41) is 0. The summed E-state index contributed by atoms with van der Waals surface area (Å²) in [7, 11) is 0. The molecule has 0 saturated carbocycles. The zero-order valence-electron chi connectivity index (χ0n) is 4.80. The molecule has 42 valence electrons. The van der Waals surface area contributed by atoms with E-state index in [0.717, 1.165) is 0 Å². The number of nitrogens with zero attached hydrogens (tertiary/aromatic N) is 1. The molecule has 8 heavy (non-hydrogen) atoms. The van der Waals surface area contributed by atoms with Crippen LogP contribution >= 0.6 is 0 Å². The normalized spacial score (nSPS) is 24.0. The van der Waals surface area contributed by atoms with Crippen LogP contribution in [0.5, 0.6) is 0 Å². The topological polar surface area (TPSA) is 3.24 Å². The Balaban J connectivity index is 2.28. The Morgan fingerprint density at radius 1 is 1.50 bits per heavy atom. The molecule has 0 amide bonds. The van der Waals surface area contributed by atoms with E-state index in [1.807, 2.05) is 0 Å². The predicted octanol–water partition coefficient (Wildman–Crippen LogP) is 1.49. The SMILES string of the molecule is C1=CN2CCC=C2C1. The van der Waals surface area contributed by atoms with E-state index in [4.69, 9.17) is 0 Å². The molecule has 0 aromatic carbocycles. The van der Waals surface area contributed by atoms with Crippen LogP contribution in [0.25, 0.3) is 0 Å². The number of rotatable bonds is 0. The third-order valence-corrected chi connectivity index (χ3v) is 1.73. The van der Waals surface area contributed by atoms with E-state index >= 15 is 0 Å². The molecule has 2 aliphatic heterocycles. The van der Waals surface area contributed by atoms with Gasteiger partial charge in [-0.25, -0.2) is 0 Å². The third-order valence-electron chi connectivity index (χ3n) is 1.73. The molecule has 0 bridgehead atoms. The Labute approximate surface area is 49.3 Å². The van der Waals surface area contributed by atoms with E-state index in [1.165, 1.54) is 25.1 Å². The molecule has 0 N–H and O–H groups in total. The lowest BCUT2D eigenvalue weighted by Gasteiger charge is -2.08. The molecule has 0 atom stereocenters. The molecule has 0 fully saturated rings. The Hall–Kier alpha value is -0.720. The Kier molecular flexibility index (Phi) is 0.720. The van der Waals surface area contributed by atoms with E-state index in [0.29, 0.717) is 0 Å². The summed E-state index contributed by atoms with van der Waals surface area (Å²) in [6, 6.07) is 0. The van der Waals surface area contributed by atoms with Crippen molar-refractivity contribution in [2.45, 2.75) is 12.8 Å². The standard InChI is InChI=1S/C7H9N/c1-3-7-4-2-6-8(7)5-1/h1,4-5H,2-3,6H2. The molecule has 2 heterocycles. The third kappa shape index (κ3) is 0.414. The summed E-state index contributed by atoms with van der Waals surface area (Å²) in [6.07, 6.45) is 9.13. The highest BCUT2D eigenvalue weighted by atomic mass is 15.1. The number of hydrogen-bond donors (Lipinski definition) is 0. The van der Waals surface area contributed by atoms with Crippen LogP contribution in [0, 0.1) is 0 Å². The van der Waals surface area contributed by atoms with Crippen molar-refractivity contribution in [2.75, 3.05) is 6.54 Å². The minimum absolute atomic E-state index is 1.17. The van der Waals surface area contributed by atoms with E-state index in [2.05, 4.69) is 23.3 Å². The summed E-state index contributed by atoms with van der Waals surface area (Å²) in [4.78, 5) is 2.32. The fourth-order valence-corrected chi connectivity index (χ4v) is 1.30. The highest BCUT2D eigenvalue weighted by Gasteiger charge is 2.14. The summed E-state index contributed by atoms with van der Waals surface area (Å²) in [6.45, 7) is 1.21. The van der Waals surface area contributed by atoms with Gasteiger partial charge in [0.1, 0.15) is 0 Å². The van der Waals surface area contributed by atoms with Gasteiger partial charge < -0.3 is 4.90 Å². The van der Waals surface area contributed by atoms with E-state index < -0.39 is 0 Å². The summed E-state index contributed by atoms with van der Waals surface area (Å²) in [5.74, 6) is 0. The van der Waals surface area contributed by atoms with Crippen LogP contribution in [0.4, 0.5) is 0 Å². The number of allylic oxidation sites excluding steroid dienone is 1. The van der Waals surface area contributed by atoms with Crippen molar-refractivity contribution in [3.05, 3.63) is 24.0 Å². The van der Waals surface area contributed by atoms with Crippen molar-refractivity contribution in [2.24, 2.45) is 0 Å². The van der Waals surface area contributed by atoms with Crippen LogP contribution in [-0.2, 0) is 0 Å². The Bertz CT molecular complexity index is 156. The Morgan fingerprint density at radius 2 is 2.50 bits per heavy atom. The molecular weight excluding hydrogens is 98.1 g/mol. The quantitative estimate of drug-likeness (QED) is 0.453. The first kappa shape index (κ1) is 4.19. The van der Waals surface area contributed by atoms with Crippen LogP contribution < -0.4 is 0 Å². The van der Waals surface area contributed by atoms with Crippen molar-refractivity contribution in [3.8, 4) is 0 Å². The summed E-state index contributed by atoms with van der Waals surface area (Å²) < 4.78 is 0. The van der Waals surface area contributed by atoms with Gasteiger partial charge >= 0.3 is 0 Å². The molecule has 0 unspecified atom stereocenters. The second kappa shape index (κ2) is 1.38. The summed E-state index contributed by atoms with van der Waals surface area (Å²) in [5.41, 5.74) is 1.50. The van der Waals surface area contributed by atoms with Crippen molar-refractivity contribution in [3.63, 3.8) is 0 Å². The number of fused-ring (bicyclic) bond motifs is 1. The minimum atomic E-state index is 1.17. The zero-order chi connectivity index (χ0) is 5.40. The second-order valence-corrected chi connectivity index (χ2v) is 2.27. The molecular formula is C7H9N. The predicted molar refractivity (Wildman–Crippen MR) is 33.2 cm³/mol. The van der Waals surface area contributed by atoms with Gasteiger partial charge in [0, 0.05) is 24.9 Å². The monoisotopic (exact) mass is 107 g/mol. The second-order valence-electron chi connectivity index (χ2n) is 2.27. The Morgan fingerprint density at radius 3 is 3.38 bits per heavy atom. The van der Waals surface area contributed by atoms with Crippen molar-refractivity contribution in [1.82, 2.24) is 4.90 Å². The number of hydrogen-bond acceptors (Lipinski definition) is 1. The lowest BCUT2D eigenvalue weighted by molar-refractivity contribution is 0.523. The smallest absolute Gasteiger partial charge is 0.0257 e. The molecule has 0 aromatic rings. The molecule has 0 radical (unpaired) electrons. The van der Waals surface area contributed by atoms with Gasteiger partial charge in [-0.15, -0.1) is 0 Å². The molecule has 0 saturated heterocycles. The van der Waals surface area contributed by atoms with Gasteiger partial charge in [0.05, 0.1) is 0 Å². The molecule has 2 aliphatic rings. The first-order valence-corrected chi connectivity index (χ1v) is 3.09. The first-order chi connectivity index (χ1) is 3.97.